The van der Waals surface area contributed by atoms with Crippen molar-refractivity contribution in [1.29, 1.82) is 0 Å². The number of hydrogen-bond acceptors (Lipinski definition) is 5. The van der Waals surface area contributed by atoms with Crippen molar-refractivity contribution in [3.05, 3.63) is 83.2 Å². The van der Waals surface area contributed by atoms with Crippen LogP contribution in [0.5, 0.6) is 0 Å². The first-order valence-corrected chi connectivity index (χ1v) is 12.5. The van der Waals surface area contributed by atoms with Gasteiger partial charge in [-0.3, -0.25) is 4.79 Å². The molecule has 0 bridgehead atoms. The summed E-state index contributed by atoms with van der Waals surface area (Å²) < 4.78 is 17.3. The number of halogens is 1. The van der Waals surface area contributed by atoms with Crippen molar-refractivity contribution in [3.63, 3.8) is 0 Å². The molecule has 2 aliphatic rings. The topological polar surface area (TPSA) is 113 Å². The van der Waals surface area contributed by atoms with Gasteiger partial charge in [-0.05, 0) is 49.4 Å². The van der Waals surface area contributed by atoms with Gasteiger partial charge >= 0.3 is 5.97 Å². The molecule has 2 fully saturated rings. The Hall–Kier alpha value is -4.14. The molecule has 1 unspecified atom stereocenters. The van der Waals surface area contributed by atoms with Crippen molar-refractivity contribution in [2.24, 2.45) is 11.7 Å². The predicted molar refractivity (Wildman–Crippen MR) is 138 cm³/mol. The van der Waals surface area contributed by atoms with Gasteiger partial charge in [0.25, 0.3) is 5.91 Å². The number of carbonyl (C=O) groups is 2. The number of benzene rings is 2. The molecule has 4 N–H and O–H groups in total. The molecule has 0 radical (unpaired) electrons. The highest BCUT2D eigenvalue weighted by atomic mass is 19.1. The third kappa shape index (κ3) is 4.69. The molecule has 9 heteroatoms. The summed E-state index contributed by atoms with van der Waals surface area (Å²) in [6.07, 6.45) is 6.71. The Kier molecular flexibility index (Phi) is 6.69. The van der Waals surface area contributed by atoms with Gasteiger partial charge in [0.05, 0.1) is 23.1 Å². The third-order valence-electron chi connectivity index (χ3n) is 7.19. The zero-order valence-electron chi connectivity index (χ0n) is 20.7. The molecule has 1 aromatic heterocycles. The molecule has 2 aromatic carbocycles. The lowest BCUT2D eigenvalue weighted by Crippen LogP contribution is -2.36. The Morgan fingerprint density at radius 2 is 1.89 bits per heavy atom. The van der Waals surface area contributed by atoms with E-state index in [1.54, 1.807) is 59.2 Å². The fraction of sp³-hybridized carbons (Fsp3) is 0.321. The number of aromatic carboxylic acids is 1. The summed E-state index contributed by atoms with van der Waals surface area (Å²) >= 11 is 0. The first kappa shape index (κ1) is 24.5. The maximum atomic E-state index is 15.7. The summed E-state index contributed by atoms with van der Waals surface area (Å²) in [6.45, 7) is 1.28. The molecule has 0 spiro atoms. The summed E-state index contributed by atoms with van der Waals surface area (Å²) in [6, 6.07) is 12.0. The van der Waals surface area contributed by atoms with Gasteiger partial charge in [0.1, 0.15) is 11.4 Å². The van der Waals surface area contributed by atoms with E-state index >= 15 is 4.39 Å². The monoisotopic (exact) mass is 503 g/mol. The van der Waals surface area contributed by atoms with Gasteiger partial charge in [-0.1, -0.05) is 24.3 Å². The fourth-order valence-electron chi connectivity index (χ4n) is 5.22. The first-order chi connectivity index (χ1) is 17.9. The van der Waals surface area contributed by atoms with Crippen molar-refractivity contribution in [2.45, 2.75) is 31.6 Å². The van der Waals surface area contributed by atoms with Crippen LogP contribution in [0.1, 0.15) is 58.0 Å². The molecule has 1 aliphatic carbocycles. The van der Waals surface area contributed by atoms with Crippen molar-refractivity contribution < 1.29 is 19.1 Å². The third-order valence-corrected chi connectivity index (χ3v) is 7.19. The number of allylic oxidation sites excluding steroid dienone is 1. The summed E-state index contributed by atoms with van der Waals surface area (Å²) in [7, 11) is 1.76. The van der Waals surface area contributed by atoms with Crippen LogP contribution < -0.4 is 11.1 Å². The second kappa shape index (κ2) is 10.1. The number of likely N-dealkylation sites (tertiary alicyclic amines) is 1. The standard InChI is InChI=1S/C28H30FN5O3/c1-31-16-24(30)21-14-22(21)26-23(28(36)37)15-32-34(26)18-8-5-7-17(13-18)19-9-6-10-20(25(19)29)27(35)33-11-3-2-4-12-33/h5-10,13,15-16,21-22,31H,2-4,11-12,14,30H2,1H3,(H,36,37)/b24-16-/t21?,22-/m1/s1. The molecule has 8 nitrogen and oxygen atoms in total. The number of nitrogens with two attached hydrogens (primary N) is 1. The molecule has 1 saturated carbocycles. The maximum Gasteiger partial charge on any atom is 0.339 e. The zero-order valence-corrected chi connectivity index (χ0v) is 20.7. The van der Waals surface area contributed by atoms with E-state index in [9.17, 15) is 14.7 Å². The number of carboxylic acids is 1. The Bertz CT molecular complexity index is 1380. The van der Waals surface area contributed by atoms with Gasteiger partial charge in [-0.25, -0.2) is 13.9 Å². The highest BCUT2D eigenvalue weighted by molar-refractivity contribution is 5.96. The highest BCUT2D eigenvalue weighted by Gasteiger charge is 2.45. The second-order valence-electron chi connectivity index (χ2n) is 9.61. The molecular formula is C28H30FN5O3. The minimum atomic E-state index is -1.06. The van der Waals surface area contributed by atoms with Crippen molar-refractivity contribution in [3.8, 4) is 16.8 Å². The SMILES string of the molecule is CN/C=C(\N)C1C[C@H]1c1c(C(=O)O)cnn1-c1cccc(-c2cccc(C(=O)N3CCCCC3)c2F)c1. The van der Waals surface area contributed by atoms with Crippen LogP contribution in [0.15, 0.2) is 60.6 Å². The molecular weight excluding hydrogens is 473 g/mol. The molecule has 2 heterocycles. The van der Waals surface area contributed by atoms with E-state index in [0.717, 1.165) is 19.3 Å². The summed E-state index contributed by atoms with van der Waals surface area (Å²) in [4.78, 5) is 26.7. The Balaban J connectivity index is 1.51. The van der Waals surface area contributed by atoms with E-state index in [-0.39, 0.29) is 28.9 Å². The lowest BCUT2D eigenvalue weighted by Gasteiger charge is -2.27. The summed E-state index contributed by atoms with van der Waals surface area (Å²) in [5, 5.41) is 17.1. The van der Waals surface area contributed by atoms with E-state index in [4.69, 9.17) is 5.73 Å². The molecule has 37 heavy (non-hydrogen) atoms. The van der Waals surface area contributed by atoms with Crippen LogP contribution >= 0.6 is 0 Å². The number of aromatic nitrogens is 2. The van der Waals surface area contributed by atoms with Gasteiger partial charge in [0.15, 0.2) is 0 Å². The number of nitrogens with one attached hydrogen (secondary N) is 1. The van der Waals surface area contributed by atoms with E-state index < -0.39 is 11.8 Å². The smallest absolute Gasteiger partial charge is 0.339 e. The largest absolute Gasteiger partial charge is 0.478 e. The lowest BCUT2D eigenvalue weighted by molar-refractivity contribution is 0.0692. The predicted octanol–water partition coefficient (Wildman–Crippen LogP) is 4.13. The number of piperidine rings is 1. The second-order valence-corrected chi connectivity index (χ2v) is 9.61. The Labute approximate surface area is 214 Å². The van der Waals surface area contributed by atoms with Crippen LogP contribution in [0.25, 0.3) is 16.8 Å². The van der Waals surface area contributed by atoms with Crippen molar-refractivity contribution in [2.75, 3.05) is 20.1 Å². The normalized spacial score (nSPS) is 19.5. The minimum absolute atomic E-state index is 0.0131. The maximum absolute atomic E-state index is 15.7. The van der Waals surface area contributed by atoms with E-state index in [2.05, 4.69) is 10.4 Å². The quantitative estimate of drug-likeness (QED) is 0.447. The van der Waals surface area contributed by atoms with Gasteiger partial charge in [0.2, 0.25) is 0 Å². The van der Waals surface area contributed by atoms with Gasteiger partial charge in [-0.2, -0.15) is 5.10 Å². The van der Waals surface area contributed by atoms with Crippen LogP contribution in [0.4, 0.5) is 4.39 Å². The number of rotatable bonds is 7. The van der Waals surface area contributed by atoms with Gasteiger partial charge in [0, 0.05) is 49.4 Å². The van der Waals surface area contributed by atoms with E-state index in [1.165, 1.54) is 12.3 Å². The van der Waals surface area contributed by atoms with Crippen molar-refractivity contribution in [1.82, 2.24) is 20.0 Å². The zero-order chi connectivity index (χ0) is 26.1. The molecule has 2 atom stereocenters. The molecule has 3 aromatic rings. The lowest BCUT2D eigenvalue weighted by atomic mass is 10.00. The summed E-state index contributed by atoms with van der Waals surface area (Å²) in [5.74, 6) is -1.99. The Morgan fingerprint density at radius 3 is 2.62 bits per heavy atom. The molecule has 1 amide bonds. The van der Waals surface area contributed by atoms with Gasteiger partial charge in [-0.15, -0.1) is 0 Å². The minimum Gasteiger partial charge on any atom is -0.478 e. The average molecular weight is 504 g/mol. The average Bonchev–Trinajstić information content (AvgIpc) is 3.58. The van der Waals surface area contributed by atoms with Crippen molar-refractivity contribution >= 4 is 11.9 Å². The van der Waals surface area contributed by atoms with E-state index in [1.807, 2.05) is 0 Å². The number of hydrogen-bond donors (Lipinski definition) is 3. The molecule has 5 rings (SSSR count). The first-order valence-electron chi connectivity index (χ1n) is 12.5. The molecule has 1 aliphatic heterocycles. The number of nitrogens with zero attached hydrogens (tertiary/aromatic N) is 3. The van der Waals surface area contributed by atoms with Crippen LogP contribution in [0.3, 0.4) is 0 Å². The number of carbonyl (C=O) groups excluding carboxylic acids is 1. The fourth-order valence-corrected chi connectivity index (χ4v) is 5.22. The van der Waals surface area contributed by atoms with E-state index in [0.29, 0.717) is 47.7 Å². The molecule has 1 saturated heterocycles. The number of carboxylic acid groups (broad SMARTS) is 1. The van der Waals surface area contributed by atoms with Gasteiger partial charge < -0.3 is 21.1 Å². The Morgan fingerprint density at radius 1 is 1.14 bits per heavy atom. The number of amides is 1. The highest BCUT2D eigenvalue weighted by Crippen LogP contribution is 2.51. The van der Waals surface area contributed by atoms with Crippen LogP contribution in [-0.4, -0.2) is 51.8 Å². The summed E-state index contributed by atoms with van der Waals surface area (Å²) in [5.41, 5.74) is 9.05. The molecule has 192 valence electrons. The van der Waals surface area contributed by atoms with Crippen LogP contribution in [0, 0.1) is 11.7 Å². The van der Waals surface area contributed by atoms with Crippen LogP contribution in [-0.2, 0) is 0 Å². The van der Waals surface area contributed by atoms with Crippen LogP contribution in [0.2, 0.25) is 0 Å².